The summed E-state index contributed by atoms with van der Waals surface area (Å²) in [4.78, 5) is 10.4. The summed E-state index contributed by atoms with van der Waals surface area (Å²) in [7, 11) is 0. The molecule has 0 aromatic heterocycles. The molecule has 0 spiro atoms. The average molecular weight is 447 g/mol. The molecule has 0 aliphatic carbocycles. The van der Waals surface area contributed by atoms with Crippen LogP contribution in [-0.2, 0) is 4.79 Å². The van der Waals surface area contributed by atoms with Gasteiger partial charge in [-0.1, -0.05) is 133 Å². The molecular formula is C30H54O2. The van der Waals surface area contributed by atoms with Gasteiger partial charge in [0.1, 0.15) is 0 Å². The van der Waals surface area contributed by atoms with Gasteiger partial charge in [-0.25, -0.2) is 0 Å². The summed E-state index contributed by atoms with van der Waals surface area (Å²) >= 11 is 0. The summed E-state index contributed by atoms with van der Waals surface area (Å²) < 4.78 is 0. The van der Waals surface area contributed by atoms with Crippen LogP contribution in [0.15, 0.2) is 36.5 Å². The predicted octanol–water partition coefficient (Wildman–Crippen LogP) is 10.3. The molecule has 2 nitrogen and oxygen atoms in total. The van der Waals surface area contributed by atoms with E-state index in [9.17, 15) is 4.79 Å². The van der Waals surface area contributed by atoms with Crippen LogP contribution >= 0.6 is 0 Å². The minimum Gasteiger partial charge on any atom is -0.481 e. The highest BCUT2D eigenvalue weighted by molar-refractivity contribution is 5.66. The smallest absolute Gasteiger partial charge is 0.303 e. The van der Waals surface area contributed by atoms with Crippen molar-refractivity contribution in [3.05, 3.63) is 36.5 Å². The molecule has 0 aliphatic heterocycles. The van der Waals surface area contributed by atoms with Gasteiger partial charge in [-0.15, -0.1) is 0 Å². The summed E-state index contributed by atoms with van der Waals surface area (Å²) in [5, 5.41) is 8.59. The monoisotopic (exact) mass is 446 g/mol. The number of rotatable bonds is 25. The second kappa shape index (κ2) is 27.7. The first-order valence-corrected chi connectivity index (χ1v) is 13.9. The van der Waals surface area contributed by atoms with E-state index < -0.39 is 5.97 Å². The summed E-state index contributed by atoms with van der Waals surface area (Å²) in [5.74, 6) is -0.664. The molecule has 0 aromatic carbocycles. The number of hydrogen-bond acceptors (Lipinski definition) is 1. The van der Waals surface area contributed by atoms with E-state index in [0.717, 1.165) is 25.7 Å². The molecule has 0 fully saturated rings. The minimum atomic E-state index is -0.664. The Morgan fingerprint density at radius 2 is 0.844 bits per heavy atom. The van der Waals surface area contributed by atoms with Gasteiger partial charge in [-0.3, -0.25) is 4.79 Å². The number of carboxylic acid groups (broad SMARTS) is 1. The van der Waals surface area contributed by atoms with Gasteiger partial charge in [-0.2, -0.15) is 0 Å². The summed E-state index contributed by atoms with van der Waals surface area (Å²) in [6.45, 7) is 2.28. The highest BCUT2D eigenvalue weighted by atomic mass is 16.4. The topological polar surface area (TPSA) is 37.3 Å². The molecular weight excluding hydrogens is 392 g/mol. The van der Waals surface area contributed by atoms with E-state index >= 15 is 0 Å². The van der Waals surface area contributed by atoms with Gasteiger partial charge in [0.25, 0.3) is 0 Å². The number of carbonyl (C=O) groups is 1. The zero-order chi connectivity index (χ0) is 23.4. The molecule has 32 heavy (non-hydrogen) atoms. The van der Waals surface area contributed by atoms with E-state index in [4.69, 9.17) is 5.11 Å². The molecule has 0 heterocycles. The van der Waals surface area contributed by atoms with Gasteiger partial charge in [0, 0.05) is 6.42 Å². The molecule has 0 rings (SSSR count). The van der Waals surface area contributed by atoms with Crippen molar-refractivity contribution in [1.29, 1.82) is 0 Å². The van der Waals surface area contributed by atoms with Gasteiger partial charge in [0.2, 0.25) is 0 Å². The SMILES string of the molecule is CCCCCCCCCCCCC=CCC=CCC=CCCCCCCCCCC(=O)O. The third kappa shape index (κ3) is 28.7. The Labute approximate surface area is 200 Å². The van der Waals surface area contributed by atoms with Crippen LogP contribution in [0, 0.1) is 0 Å². The lowest BCUT2D eigenvalue weighted by atomic mass is 10.1. The Balaban J connectivity index is 3.25. The largest absolute Gasteiger partial charge is 0.481 e. The zero-order valence-electron chi connectivity index (χ0n) is 21.4. The number of hydrogen-bond donors (Lipinski definition) is 1. The van der Waals surface area contributed by atoms with Crippen LogP contribution < -0.4 is 0 Å². The third-order valence-electron chi connectivity index (χ3n) is 6.03. The fourth-order valence-corrected chi connectivity index (χ4v) is 3.95. The van der Waals surface area contributed by atoms with E-state index in [1.807, 2.05) is 0 Å². The molecule has 0 amide bonds. The molecule has 0 radical (unpaired) electrons. The van der Waals surface area contributed by atoms with Crippen molar-refractivity contribution >= 4 is 5.97 Å². The van der Waals surface area contributed by atoms with Gasteiger partial charge >= 0.3 is 5.97 Å². The molecule has 1 N–H and O–H groups in total. The van der Waals surface area contributed by atoms with Crippen molar-refractivity contribution in [3.63, 3.8) is 0 Å². The van der Waals surface area contributed by atoms with E-state index in [2.05, 4.69) is 43.4 Å². The first-order chi connectivity index (χ1) is 15.8. The Hall–Kier alpha value is -1.31. The van der Waals surface area contributed by atoms with Crippen LogP contribution in [-0.4, -0.2) is 11.1 Å². The normalized spacial score (nSPS) is 12.0. The number of allylic oxidation sites excluding steroid dienone is 6. The molecule has 0 saturated heterocycles. The zero-order valence-corrected chi connectivity index (χ0v) is 21.4. The lowest BCUT2D eigenvalue weighted by Gasteiger charge is -2.01. The molecule has 2 heteroatoms. The van der Waals surface area contributed by atoms with Gasteiger partial charge in [0.05, 0.1) is 0 Å². The van der Waals surface area contributed by atoms with Crippen LogP contribution in [0.3, 0.4) is 0 Å². The second-order valence-electron chi connectivity index (χ2n) is 9.26. The fraction of sp³-hybridized carbons (Fsp3) is 0.767. The lowest BCUT2D eigenvalue weighted by molar-refractivity contribution is -0.137. The number of aliphatic carboxylic acids is 1. The van der Waals surface area contributed by atoms with E-state index in [1.54, 1.807) is 0 Å². The van der Waals surface area contributed by atoms with Crippen molar-refractivity contribution in [1.82, 2.24) is 0 Å². The summed E-state index contributed by atoms with van der Waals surface area (Å²) in [6.07, 6.45) is 41.0. The molecule has 0 aromatic rings. The molecule has 0 saturated carbocycles. The van der Waals surface area contributed by atoms with Crippen molar-refractivity contribution in [2.24, 2.45) is 0 Å². The highest BCUT2D eigenvalue weighted by Gasteiger charge is 1.96. The minimum absolute atomic E-state index is 0.328. The molecule has 186 valence electrons. The highest BCUT2D eigenvalue weighted by Crippen LogP contribution is 2.12. The van der Waals surface area contributed by atoms with E-state index in [0.29, 0.717) is 6.42 Å². The van der Waals surface area contributed by atoms with Crippen LogP contribution in [0.4, 0.5) is 0 Å². The third-order valence-corrected chi connectivity index (χ3v) is 6.03. The first kappa shape index (κ1) is 30.7. The maximum Gasteiger partial charge on any atom is 0.303 e. The second-order valence-corrected chi connectivity index (χ2v) is 9.26. The Morgan fingerprint density at radius 3 is 1.25 bits per heavy atom. The molecule has 0 unspecified atom stereocenters. The van der Waals surface area contributed by atoms with E-state index in [-0.39, 0.29) is 0 Å². The number of unbranched alkanes of at least 4 members (excludes halogenated alkanes) is 17. The van der Waals surface area contributed by atoms with Crippen molar-refractivity contribution in [2.45, 2.75) is 148 Å². The van der Waals surface area contributed by atoms with Gasteiger partial charge < -0.3 is 5.11 Å². The maximum absolute atomic E-state index is 10.4. The molecule has 0 atom stereocenters. The Kier molecular flexibility index (Phi) is 26.6. The fourth-order valence-electron chi connectivity index (χ4n) is 3.95. The standard InChI is InChI=1S/C30H54O2/c1-2-3-4-5-6-7-8-9-10-11-12-13-14-15-16-17-18-19-20-21-22-23-24-25-26-27-28-29-30(31)32/h13-14,16-17,19-20H,2-12,15,18,21-29H2,1H3,(H,31,32). The van der Waals surface area contributed by atoms with Crippen LogP contribution in [0.2, 0.25) is 0 Å². The Bertz CT molecular complexity index is 461. The van der Waals surface area contributed by atoms with Gasteiger partial charge in [-0.05, 0) is 44.9 Å². The van der Waals surface area contributed by atoms with Crippen LogP contribution in [0.25, 0.3) is 0 Å². The maximum atomic E-state index is 10.4. The quantitative estimate of drug-likeness (QED) is 0.112. The van der Waals surface area contributed by atoms with Crippen molar-refractivity contribution in [2.75, 3.05) is 0 Å². The number of carboxylic acids is 1. The summed E-state index contributed by atoms with van der Waals surface area (Å²) in [6, 6.07) is 0. The predicted molar refractivity (Wildman–Crippen MR) is 142 cm³/mol. The molecule has 0 bridgehead atoms. The first-order valence-electron chi connectivity index (χ1n) is 13.9. The summed E-state index contributed by atoms with van der Waals surface area (Å²) in [5.41, 5.74) is 0. The van der Waals surface area contributed by atoms with Crippen molar-refractivity contribution < 1.29 is 9.90 Å². The molecule has 0 aliphatic rings. The van der Waals surface area contributed by atoms with Crippen LogP contribution in [0.1, 0.15) is 148 Å². The lowest BCUT2D eigenvalue weighted by Crippen LogP contribution is -1.93. The van der Waals surface area contributed by atoms with Gasteiger partial charge in [0.15, 0.2) is 0 Å². The average Bonchev–Trinajstić information content (AvgIpc) is 2.78. The Morgan fingerprint density at radius 1 is 0.500 bits per heavy atom. The van der Waals surface area contributed by atoms with Crippen molar-refractivity contribution in [3.8, 4) is 0 Å². The van der Waals surface area contributed by atoms with E-state index in [1.165, 1.54) is 109 Å². The van der Waals surface area contributed by atoms with Crippen LogP contribution in [0.5, 0.6) is 0 Å².